The van der Waals surface area contributed by atoms with Crippen molar-refractivity contribution in [1.29, 1.82) is 0 Å². The van der Waals surface area contributed by atoms with Crippen LogP contribution in [0.4, 0.5) is 0 Å². The van der Waals surface area contributed by atoms with Crippen LogP contribution >= 0.6 is 0 Å². The second kappa shape index (κ2) is 3.84. The van der Waals surface area contributed by atoms with Gasteiger partial charge in [-0.15, -0.1) is 0 Å². The normalized spacial score (nSPS) is 34.5. The maximum atomic E-state index is 5.60. The summed E-state index contributed by atoms with van der Waals surface area (Å²) < 4.78 is 5.39. The molecule has 0 saturated heterocycles. The number of nitrogens with two attached hydrogens (primary N) is 1. The molecule has 3 unspecified atom stereocenters. The average Bonchev–Trinajstić information content (AvgIpc) is 2.86. The van der Waals surface area contributed by atoms with Crippen LogP contribution in [0, 0.1) is 11.8 Å². The van der Waals surface area contributed by atoms with Crippen LogP contribution in [0.15, 0.2) is 4.52 Å². The van der Waals surface area contributed by atoms with Crippen molar-refractivity contribution in [1.82, 2.24) is 10.1 Å². The van der Waals surface area contributed by atoms with E-state index in [1.807, 2.05) is 6.92 Å². The highest BCUT2D eigenvalue weighted by atomic mass is 16.5. The Morgan fingerprint density at radius 2 is 2.06 bits per heavy atom. The van der Waals surface area contributed by atoms with Gasteiger partial charge in [-0.1, -0.05) is 24.9 Å². The summed E-state index contributed by atoms with van der Waals surface area (Å²) in [4.78, 5) is 4.51. The van der Waals surface area contributed by atoms with Gasteiger partial charge in [-0.3, -0.25) is 0 Å². The number of nitrogens with zero attached hydrogens (tertiary/aromatic N) is 2. The zero-order valence-corrected chi connectivity index (χ0v) is 9.72. The van der Waals surface area contributed by atoms with Gasteiger partial charge in [0, 0.05) is 18.4 Å². The van der Waals surface area contributed by atoms with Gasteiger partial charge in [0.1, 0.15) is 0 Å². The summed E-state index contributed by atoms with van der Waals surface area (Å²) in [6, 6.07) is 0. The number of hydrogen-bond donors (Lipinski definition) is 1. The van der Waals surface area contributed by atoms with E-state index in [1.54, 1.807) is 0 Å². The maximum Gasteiger partial charge on any atom is 0.230 e. The molecule has 0 radical (unpaired) electrons. The topological polar surface area (TPSA) is 64.9 Å². The molecule has 1 heterocycles. The van der Waals surface area contributed by atoms with Crippen molar-refractivity contribution in [2.24, 2.45) is 17.6 Å². The monoisotopic (exact) mass is 221 g/mol. The fourth-order valence-corrected chi connectivity index (χ4v) is 3.05. The first-order chi connectivity index (χ1) is 7.81. The first kappa shape index (κ1) is 10.3. The molecule has 0 amide bonds. The third kappa shape index (κ3) is 1.56. The molecule has 0 bridgehead atoms. The molecule has 1 aromatic heterocycles. The summed E-state index contributed by atoms with van der Waals surface area (Å²) in [7, 11) is 0. The molecule has 2 N–H and O–H groups in total. The first-order valence-corrected chi connectivity index (χ1v) is 6.35. The minimum absolute atomic E-state index is 0.207. The molecule has 2 aliphatic carbocycles. The molecular formula is C12H19N3O. The molecule has 0 spiro atoms. The first-order valence-electron chi connectivity index (χ1n) is 6.35. The molecule has 88 valence electrons. The van der Waals surface area contributed by atoms with E-state index in [0.717, 1.165) is 23.6 Å². The molecule has 2 fully saturated rings. The lowest BCUT2D eigenvalue weighted by Gasteiger charge is -2.04. The fourth-order valence-electron chi connectivity index (χ4n) is 3.05. The molecule has 1 aromatic rings. The number of fused-ring (bicyclic) bond motifs is 1. The van der Waals surface area contributed by atoms with E-state index >= 15 is 0 Å². The number of aromatic nitrogens is 2. The summed E-state index contributed by atoms with van der Waals surface area (Å²) >= 11 is 0. The molecular weight excluding hydrogens is 202 g/mol. The van der Waals surface area contributed by atoms with Gasteiger partial charge >= 0.3 is 0 Å². The third-order valence-corrected chi connectivity index (χ3v) is 4.19. The van der Waals surface area contributed by atoms with E-state index in [9.17, 15) is 0 Å². The van der Waals surface area contributed by atoms with Gasteiger partial charge in [0.25, 0.3) is 0 Å². The van der Waals surface area contributed by atoms with Crippen LogP contribution in [0.3, 0.4) is 0 Å². The largest absolute Gasteiger partial charge is 0.339 e. The van der Waals surface area contributed by atoms with Crippen LogP contribution in [0.1, 0.15) is 56.2 Å². The minimum Gasteiger partial charge on any atom is -0.339 e. The lowest BCUT2D eigenvalue weighted by Crippen LogP contribution is -2.10. The Hall–Kier alpha value is -0.900. The Labute approximate surface area is 95.6 Å². The van der Waals surface area contributed by atoms with Crippen LogP contribution < -0.4 is 5.73 Å². The van der Waals surface area contributed by atoms with Gasteiger partial charge in [0.05, 0.1) is 0 Å². The van der Waals surface area contributed by atoms with Crippen LogP contribution in [0.25, 0.3) is 0 Å². The van der Waals surface area contributed by atoms with Crippen LogP contribution in [-0.4, -0.2) is 16.7 Å². The van der Waals surface area contributed by atoms with E-state index in [0.29, 0.717) is 12.5 Å². The van der Waals surface area contributed by atoms with Crippen molar-refractivity contribution in [2.75, 3.05) is 6.54 Å². The van der Waals surface area contributed by atoms with Crippen molar-refractivity contribution in [3.8, 4) is 0 Å². The predicted molar refractivity (Wildman–Crippen MR) is 60.0 cm³/mol. The Morgan fingerprint density at radius 1 is 1.38 bits per heavy atom. The van der Waals surface area contributed by atoms with Gasteiger partial charge in [0.15, 0.2) is 5.82 Å². The summed E-state index contributed by atoms with van der Waals surface area (Å²) in [5.41, 5.74) is 5.60. The lowest BCUT2D eigenvalue weighted by atomic mass is 10.0. The predicted octanol–water partition coefficient (Wildman–Crippen LogP) is 2.04. The Balaban J connectivity index is 1.74. The van der Waals surface area contributed by atoms with Crippen LogP contribution in [0.5, 0.6) is 0 Å². The second-order valence-electron chi connectivity index (χ2n) is 5.27. The molecule has 2 saturated carbocycles. The molecule has 4 nitrogen and oxygen atoms in total. The van der Waals surface area contributed by atoms with Gasteiger partial charge in [0.2, 0.25) is 5.89 Å². The second-order valence-corrected chi connectivity index (χ2v) is 5.27. The standard InChI is InChI=1S/C12H19N3O/c1-7(6-13)11-14-12(16-15-11)10-8-4-2-3-5-9(8)10/h7-10H,2-6,13H2,1H3. The Kier molecular flexibility index (Phi) is 2.46. The van der Waals surface area contributed by atoms with Crippen molar-refractivity contribution in [2.45, 2.75) is 44.4 Å². The fraction of sp³-hybridized carbons (Fsp3) is 0.833. The highest BCUT2D eigenvalue weighted by Crippen LogP contribution is 2.60. The highest BCUT2D eigenvalue weighted by molar-refractivity contribution is 5.15. The van der Waals surface area contributed by atoms with Gasteiger partial charge in [-0.05, 0) is 24.7 Å². The quantitative estimate of drug-likeness (QED) is 0.848. The number of rotatable bonds is 3. The molecule has 3 atom stereocenters. The third-order valence-electron chi connectivity index (χ3n) is 4.19. The molecule has 2 aliphatic rings. The van der Waals surface area contributed by atoms with E-state index in [1.165, 1.54) is 25.7 Å². The van der Waals surface area contributed by atoms with E-state index in [4.69, 9.17) is 10.3 Å². The average molecular weight is 221 g/mol. The SMILES string of the molecule is CC(CN)c1noc(C2C3CCCCC32)n1. The molecule has 0 aliphatic heterocycles. The summed E-state index contributed by atoms with van der Waals surface area (Å²) in [5.74, 6) is 4.07. The Bertz CT molecular complexity index is 364. The number of hydrogen-bond acceptors (Lipinski definition) is 4. The van der Waals surface area contributed by atoms with Gasteiger partial charge in [-0.25, -0.2) is 0 Å². The highest BCUT2D eigenvalue weighted by Gasteiger charge is 2.54. The Morgan fingerprint density at radius 3 is 2.69 bits per heavy atom. The van der Waals surface area contributed by atoms with Crippen molar-refractivity contribution >= 4 is 0 Å². The van der Waals surface area contributed by atoms with E-state index < -0.39 is 0 Å². The van der Waals surface area contributed by atoms with Crippen molar-refractivity contribution < 1.29 is 4.52 Å². The summed E-state index contributed by atoms with van der Waals surface area (Å²) in [6.45, 7) is 2.62. The zero-order valence-electron chi connectivity index (χ0n) is 9.72. The van der Waals surface area contributed by atoms with Gasteiger partial charge in [-0.2, -0.15) is 4.98 Å². The smallest absolute Gasteiger partial charge is 0.230 e. The van der Waals surface area contributed by atoms with Crippen LogP contribution in [0.2, 0.25) is 0 Å². The molecule has 4 heteroatoms. The zero-order chi connectivity index (χ0) is 11.1. The minimum atomic E-state index is 0.207. The lowest BCUT2D eigenvalue weighted by molar-refractivity contribution is 0.365. The molecule has 3 rings (SSSR count). The summed E-state index contributed by atoms with van der Waals surface area (Å²) in [6.07, 6.45) is 5.44. The van der Waals surface area contributed by atoms with E-state index in [-0.39, 0.29) is 5.92 Å². The molecule has 16 heavy (non-hydrogen) atoms. The van der Waals surface area contributed by atoms with Gasteiger partial charge < -0.3 is 10.3 Å². The van der Waals surface area contributed by atoms with E-state index in [2.05, 4.69) is 10.1 Å². The van der Waals surface area contributed by atoms with Crippen LogP contribution in [-0.2, 0) is 0 Å². The summed E-state index contributed by atoms with van der Waals surface area (Å²) in [5, 5.41) is 4.04. The molecule has 0 aromatic carbocycles. The van der Waals surface area contributed by atoms with Crippen molar-refractivity contribution in [3.63, 3.8) is 0 Å². The van der Waals surface area contributed by atoms with Crippen molar-refractivity contribution in [3.05, 3.63) is 11.7 Å². The maximum absolute atomic E-state index is 5.60.